The van der Waals surface area contributed by atoms with Gasteiger partial charge in [-0.3, -0.25) is 4.79 Å². The molecule has 104 valence electrons. The molecule has 0 spiro atoms. The first kappa shape index (κ1) is 14.0. The molecule has 0 aliphatic carbocycles. The van der Waals surface area contributed by atoms with Crippen molar-refractivity contribution in [3.8, 4) is 0 Å². The monoisotopic (exact) mass is 283 g/mol. The number of rotatable bonds is 3. The van der Waals surface area contributed by atoms with E-state index >= 15 is 0 Å². The summed E-state index contributed by atoms with van der Waals surface area (Å²) >= 11 is 0. The van der Waals surface area contributed by atoms with Crippen LogP contribution >= 0.6 is 0 Å². The van der Waals surface area contributed by atoms with E-state index in [0.717, 1.165) is 0 Å². The van der Waals surface area contributed by atoms with Crippen LogP contribution in [0.2, 0.25) is 0 Å². The van der Waals surface area contributed by atoms with E-state index in [-0.39, 0.29) is 10.8 Å². The minimum atomic E-state index is -3.45. The molecule has 6 nitrogen and oxygen atoms in total. The Morgan fingerprint density at radius 1 is 1.21 bits per heavy atom. The molecule has 1 aliphatic heterocycles. The van der Waals surface area contributed by atoms with E-state index in [1.54, 1.807) is 0 Å². The third-order valence-electron chi connectivity index (χ3n) is 3.06. The van der Waals surface area contributed by atoms with Gasteiger partial charge in [0.05, 0.1) is 4.90 Å². The number of nitrogens with one attached hydrogen (secondary N) is 2. The lowest BCUT2D eigenvalue weighted by Gasteiger charge is -2.26. The van der Waals surface area contributed by atoms with Crippen molar-refractivity contribution >= 4 is 15.9 Å². The van der Waals surface area contributed by atoms with Gasteiger partial charge in [0.2, 0.25) is 10.0 Å². The maximum Gasteiger partial charge on any atom is 0.251 e. The van der Waals surface area contributed by atoms with Crippen LogP contribution in [0.25, 0.3) is 0 Å². The van der Waals surface area contributed by atoms with Gasteiger partial charge in [-0.05, 0) is 24.3 Å². The molecular formula is C12H17N3O3S. The Kier molecular flexibility index (Phi) is 4.18. The number of carbonyl (C=O) groups is 1. The highest BCUT2D eigenvalue weighted by molar-refractivity contribution is 7.89. The Hall–Kier alpha value is -1.44. The number of nitrogens with zero attached hydrogens (tertiary/aromatic N) is 1. The number of amides is 1. The van der Waals surface area contributed by atoms with Crippen molar-refractivity contribution in [2.45, 2.75) is 4.90 Å². The predicted octanol–water partition coefficient (Wildman–Crippen LogP) is -0.360. The van der Waals surface area contributed by atoms with Gasteiger partial charge in [-0.25, -0.2) is 8.42 Å². The van der Waals surface area contributed by atoms with Crippen LogP contribution in [0.5, 0.6) is 0 Å². The average Bonchev–Trinajstić information content (AvgIpc) is 2.47. The highest BCUT2D eigenvalue weighted by Crippen LogP contribution is 2.16. The van der Waals surface area contributed by atoms with Crippen LogP contribution in [0.3, 0.4) is 0 Å². The highest BCUT2D eigenvalue weighted by atomic mass is 32.2. The van der Waals surface area contributed by atoms with Crippen LogP contribution in [-0.4, -0.2) is 51.9 Å². The van der Waals surface area contributed by atoms with Gasteiger partial charge >= 0.3 is 0 Å². The molecule has 2 rings (SSSR count). The van der Waals surface area contributed by atoms with E-state index in [1.807, 2.05) is 0 Å². The molecule has 2 N–H and O–H groups in total. The Bertz CT molecular complexity index is 548. The van der Waals surface area contributed by atoms with Crippen LogP contribution < -0.4 is 10.6 Å². The molecule has 1 heterocycles. The molecule has 0 saturated carbocycles. The van der Waals surface area contributed by atoms with Crippen LogP contribution in [0, 0.1) is 0 Å². The van der Waals surface area contributed by atoms with E-state index in [9.17, 15) is 13.2 Å². The third kappa shape index (κ3) is 2.94. The van der Waals surface area contributed by atoms with Crippen molar-refractivity contribution in [2.75, 3.05) is 33.2 Å². The first-order valence-electron chi connectivity index (χ1n) is 6.09. The minimum Gasteiger partial charge on any atom is -0.355 e. The molecule has 0 atom stereocenters. The van der Waals surface area contributed by atoms with Crippen molar-refractivity contribution in [1.82, 2.24) is 14.9 Å². The topological polar surface area (TPSA) is 78.5 Å². The lowest BCUT2D eigenvalue weighted by Crippen LogP contribution is -2.46. The summed E-state index contributed by atoms with van der Waals surface area (Å²) in [5.41, 5.74) is 0.446. The second kappa shape index (κ2) is 5.68. The fourth-order valence-electron chi connectivity index (χ4n) is 1.96. The summed E-state index contributed by atoms with van der Waals surface area (Å²) in [6, 6.07) is 5.99. The number of piperazine rings is 1. The highest BCUT2D eigenvalue weighted by Gasteiger charge is 2.25. The Balaban J connectivity index is 2.23. The lowest BCUT2D eigenvalue weighted by molar-refractivity contribution is 0.0963. The summed E-state index contributed by atoms with van der Waals surface area (Å²) in [6.07, 6.45) is 0. The van der Waals surface area contributed by atoms with E-state index in [4.69, 9.17) is 0 Å². The minimum absolute atomic E-state index is 0.224. The van der Waals surface area contributed by atoms with Gasteiger partial charge in [0.1, 0.15) is 0 Å². The van der Waals surface area contributed by atoms with Gasteiger partial charge < -0.3 is 10.6 Å². The van der Waals surface area contributed by atoms with Gasteiger partial charge in [0.15, 0.2) is 0 Å². The van der Waals surface area contributed by atoms with E-state index in [0.29, 0.717) is 31.7 Å². The van der Waals surface area contributed by atoms with Crippen LogP contribution in [0.15, 0.2) is 29.2 Å². The maximum atomic E-state index is 12.3. The zero-order chi connectivity index (χ0) is 13.9. The lowest BCUT2D eigenvalue weighted by atomic mass is 10.2. The summed E-state index contributed by atoms with van der Waals surface area (Å²) in [7, 11) is -1.91. The molecule has 1 aliphatic rings. The second-order valence-electron chi connectivity index (χ2n) is 4.26. The van der Waals surface area contributed by atoms with Crippen molar-refractivity contribution < 1.29 is 13.2 Å². The zero-order valence-electron chi connectivity index (χ0n) is 10.7. The summed E-state index contributed by atoms with van der Waals surface area (Å²) in [5.74, 6) is -0.230. The quantitative estimate of drug-likeness (QED) is 0.794. The summed E-state index contributed by atoms with van der Waals surface area (Å²) < 4.78 is 26.1. The van der Waals surface area contributed by atoms with Crippen molar-refractivity contribution in [2.24, 2.45) is 0 Å². The normalized spacial score (nSPS) is 17.1. The number of sulfonamides is 1. The van der Waals surface area contributed by atoms with Crippen molar-refractivity contribution in [3.63, 3.8) is 0 Å². The molecule has 1 aromatic carbocycles. The Morgan fingerprint density at radius 2 is 1.79 bits per heavy atom. The Labute approximate surface area is 112 Å². The largest absolute Gasteiger partial charge is 0.355 e. The van der Waals surface area contributed by atoms with Gasteiger partial charge in [-0.2, -0.15) is 4.31 Å². The van der Waals surface area contributed by atoms with Gasteiger partial charge in [-0.15, -0.1) is 0 Å². The predicted molar refractivity (Wildman–Crippen MR) is 71.5 cm³/mol. The summed E-state index contributed by atoms with van der Waals surface area (Å²) in [4.78, 5) is 11.6. The molecular weight excluding hydrogens is 266 g/mol. The second-order valence-corrected chi connectivity index (χ2v) is 6.20. The molecule has 19 heavy (non-hydrogen) atoms. The molecule has 1 aromatic rings. The van der Waals surface area contributed by atoms with Gasteiger partial charge in [-0.1, -0.05) is 0 Å². The van der Waals surface area contributed by atoms with Gasteiger partial charge in [0.25, 0.3) is 5.91 Å². The van der Waals surface area contributed by atoms with Crippen LogP contribution in [0.4, 0.5) is 0 Å². The molecule has 0 radical (unpaired) electrons. The first-order chi connectivity index (χ1) is 9.05. The molecule has 1 saturated heterocycles. The maximum absolute atomic E-state index is 12.3. The molecule has 0 bridgehead atoms. The first-order valence-corrected chi connectivity index (χ1v) is 7.53. The number of hydrogen-bond donors (Lipinski definition) is 2. The number of carbonyl (C=O) groups excluding carboxylic acids is 1. The molecule has 1 amide bonds. The summed E-state index contributed by atoms with van der Waals surface area (Å²) in [5, 5.41) is 5.61. The van der Waals surface area contributed by atoms with E-state index in [1.165, 1.54) is 35.6 Å². The van der Waals surface area contributed by atoms with Crippen LogP contribution in [-0.2, 0) is 10.0 Å². The SMILES string of the molecule is CNC(=O)c1ccc(S(=O)(=O)N2CCNCC2)cc1. The standard InChI is InChI=1S/C12H17N3O3S/c1-13-12(16)10-2-4-11(5-3-10)19(17,18)15-8-6-14-7-9-15/h2-5,14H,6-9H2,1H3,(H,13,16). The zero-order valence-corrected chi connectivity index (χ0v) is 11.5. The number of hydrogen-bond acceptors (Lipinski definition) is 4. The molecule has 7 heteroatoms. The molecule has 1 fully saturated rings. The Morgan fingerprint density at radius 3 is 2.32 bits per heavy atom. The van der Waals surface area contributed by atoms with Crippen molar-refractivity contribution in [3.05, 3.63) is 29.8 Å². The van der Waals surface area contributed by atoms with Crippen LogP contribution in [0.1, 0.15) is 10.4 Å². The number of benzene rings is 1. The smallest absolute Gasteiger partial charge is 0.251 e. The molecule has 0 unspecified atom stereocenters. The third-order valence-corrected chi connectivity index (χ3v) is 4.97. The van der Waals surface area contributed by atoms with E-state index in [2.05, 4.69) is 10.6 Å². The van der Waals surface area contributed by atoms with Crippen molar-refractivity contribution in [1.29, 1.82) is 0 Å². The fourth-order valence-corrected chi connectivity index (χ4v) is 3.40. The van der Waals surface area contributed by atoms with Gasteiger partial charge in [0, 0.05) is 38.8 Å². The fraction of sp³-hybridized carbons (Fsp3) is 0.417. The molecule has 0 aromatic heterocycles. The van der Waals surface area contributed by atoms with E-state index < -0.39 is 10.0 Å². The summed E-state index contributed by atoms with van der Waals surface area (Å²) in [6.45, 7) is 2.27. The average molecular weight is 283 g/mol.